The average Bonchev–Trinajstić information content (AvgIpc) is 3.01. The van der Waals surface area contributed by atoms with E-state index in [1.807, 2.05) is 0 Å². The number of amides is 1. The Morgan fingerprint density at radius 1 is 1.36 bits per heavy atom. The van der Waals surface area contributed by atoms with Crippen molar-refractivity contribution in [3.8, 4) is 0 Å². The van der Waals surface area contributed by atoms with Crippen LogP contribution >= 0.6 is 11.6 Å². The number of carbonyl (C=O) groups is 1. The molecule has 116 valence electrons. The molecule has 2 aromatic rings. The first-order valence-corrected chi connectivity index (χ1v) is 7.40. The van der Waals surface area contributed by atoms with Crippen molar-refractivity contribution in [3.05, 3.63) is 58.6 Å². The largest absolute Gasteiger partial charge is 0.391 e. The summed E-state index contributed by atoms with van der Waals surface area (Å²) in [6.45, 7) is 0.254. The zero-order valence-electron chi connectivity index (χ0n) is 12.0. The number of aromatic nitrogens is 1. The average molecular weight is 323 g/mol. The third kappa shape index (κ3) is 2.74. The molecule has 1 aliphatic heterocycles. The van der Waals surface area contributed by atoms with E-state index in [1.165, 1.54) is 12.1 Å². The third-order valence-corrected chi connectivity index (χ3v) is 4.19. The zero-order chi connectivity index (χ0) is 15.9. The molecular formula is C16H16ClFN2O2. The summed E-state index contributed by atoms with van der Waals surface area (Å²) in [7, 11) is 1.75. The molecule has 1 aromatic heterocycles. The first kappa shape index (κ1) is 15.1. The Balaban J connectivity index is 1.92. The molecule has 1 N–H and O–H groups in total. The van der Waals surface area contributed by atoms with Crippen molar-refractivity contribution < 1.29 is 14.3 Å². The van der Waals surface area contributed by atoms with E-state index in [9.17, 15) is 14.3 Å². The summed E-state index contributed by atoms with van der Waals surface area (Å²) in [5, 5.41) is 10.4. The number of β-amino-alcohol motifs (C(OH)–C–C–N with tert-alkyl or cyclic N) is 1. The highest BCUT2D eigenvalue weighted by atomic mass is 35.5. The first-order valence-electron chi connectivity index (χ1n) is 7.02. The van der Waals surface area contributed by atoms with Crippen molar-refractivity contribution in [1.29, 1.82) is 0 Å². The number of hydrogen-bond acceptors (Lipinski definition) is 2. The molecule has 0 bridgehead atoms. The second-order valence-electron chi connectivity index (χ2n) is 5.57. The van der Waals surface area contributed by atoms with Gasteiger partial charge in [-0.15, -0.1) is 0 Å². The molecule has 22 heavy (non-hydrogen) atoms. The van der Waals surface area contributed by atoms with Crippen molar-refractivity contribution in [2.45, 2.75) is 18.6 Å². The van der Waals surface area contributed by atoms with Crippen molar-refractivity contribution in [1.82, 2.24) is 9.47 Å². The van der Waals surface area contributed by atoms with E-state index in [1.54, 1.807) is 40.9 Å². The predicted molar refractivity (Wildman–Crippen MR) is 81.2 cm³/mol. The van der Waals surface area contributed by atoms with Gasteiger partial charge in [0.1, 0.15) is 11.5 Å². The summed E-state index contributed by atoms with van der Waals surface area (Å²) < 4.78 is 14.7. The third-order valence-electron chi connectivity index (χ3n) is 3.99. The van der Waals surface area contributed by atoms with E-state index >= 15 is 0 Å². The molecule has 1 saturated heterocycles. The molecule has 2 atom stereocenters. The number of hydrogen-bond donors (Lipinski definition) is 1. The molecule has 1 amide bonds. The maximum absolute atomic E-state index is 13.1. The Hall–Kier alpha value is -1.85. The zero-order valence-corrected chi connectivity index (χ0v) is 12.8. The van der Waals surface area contributed by atoms with Crippen LogP contribution in [0, 0.1) is 5.82 Å². The molecule has 0 aliphatic carbocycles. The number of aliphatic hydroxyl groups excluding tert-OH is 1. The molecule has 3 rings (SSSR count). The van der Waals surface area contributed by atoms with Crippen LogP contribution in [0.1, 0.15) is 28.5 Å². The number of carbonyl (C=O) groups excluding carboxylic acids is 1. The van der Waals surface area contributed by atoms with Gasteiger partial charge in [-0.05, 0) is 30.2 Å². The predicted octanol–water partition coefficient (Wildman–Crippen LogP) is 2.77. The van der Waals surface area contributed by atoms with Crippen LogP contribution in [0.15, 0.2) is 36.5 Å². The van der Waals surface area contributed by atoms with Gasteiger partial charge in [0.05, 0.1) is 17.2 Å². The number of benzene rings is 1. The van der Waals surface area contributed by atoms with Crippen LogP contribution in [0.25, 0.3) is 0 Å². The molecule has 1 aliphatic rings. The Labute approximate surface area is 132 Å². The van der Waals surface area contributed by atoms with E-state index in [0.717, 1.165) is 5.56 Å². The molecule has 0 saturated carbocycles. The lowest BCUT2D eigenvalue weighted by molar-refractivity contribution is 0.0706. The Morgan fingerprint density at radius 2 is 2.05 bits per heavy atom. The lowest BCUT2D eigenvalue weighted by atomic mass is 10.0. The Bertz CT molecular complexity index is 699. The molecule has 2 heterocycles. The maximum Gasteiger partial charge on any atom is 0.271 e. The van der Waals surface area contributed by atoms with Crippen LogP contribution in [0.2, 0.25) is 5.02 Å². The molecular weight excluding hydrogens is 307 g/mol. The van der Waals surface area contributed by atoms with Crippen LogP contribution in [-0.2, 0) is 7.05 Å². The number of likely N-dealkylation sites (tertiary alicyclic amines) is 1. The smallest absolute Gasteiger partial charge is 0.271 e. The molecule has 0 spiro atoms. The fraction of sp³-hybridized carbons (Fsp3) is 0.312. The molecule has 0 unspecified atom stereocenters. The number of rotatable bonds is 2. The van der Waals surface area contributed by atoms with E-state index < -0.39 is 6.10 Å². The van der Waals surface area contributed by atoms with Gasteiger partial charge in [0.15, 0.2) is 0 Å². The first-order chi connectivity index (χ1) is 10.5. The summed E-state index contributed by atoms with van der Waals surface area (Å²) in [5.41, 5.74) is 1.28. The second kappa shape index (κ2) is 5.74. The molecule has 1 fully saturated rings. The lowest BCUT2D eigenvalue weighted by Crippen LogP contribution is -2.32. The molecule has 1 aromatic carbocycles. The van der Waals surface area contributed by atoms with Crippen LogP contribution in [-0.4, -0.2) is 33.1 Å². The van der Waals surface area contributed by atoms with Gasteiger partial charge >= 0.3 is 0 Å². The quantitative estimate of drug-likeness (QED) is 0.924. The van der Waals surface area contributed by atoms with Gasteiger partial charge in [0.2, 0.25) is 0 Å². The second-order valence-corrected chi connectivity index (χ2v) is 6.01. The molecule has 6 heteroatoms. The minimum Gasteiger partial charge on any atom is -0.391 e. The van der Waals surface area contributed by atoms with Gasteiger partial charge in [-0.3, -0.25) is 4.79 Å². The summed E-state index contributed by atoms with van der Waals surface area (Å²) in [5.74, 6) is -0.519. The Kier molecular flexibility index (Phi) is 3.93. The van der Waals surface area contributed by atoms with Gasteiger partial charge in [-0.1, -0.05) is 23.7 Å². The van der Waals surface area contributed by atoms with Crippen molar-refractivity contribution >= 4 is 17.5 Å². The number of aryl methyl sites for hydroxylation is 1. The normalized spacial score (nSPS) is 21.4. The fourth-order valence-electron chi connectivity index (χ4n) is 2.92. The summed E-state index contributed by atoms with van der Waals surface area (Å²) >= 11 is 5.93. The van der Waals surface area contributed by atoms with Gasteiger partial charge < -0.3 is 14.6 Å². The number of halogens is 2. The topological polar surface area (TPSA) is 45.5 Å². The highest BCUT2D eigenvalue weighted by Crippen LogP contribution is 2.33. The van der Waals surface area contributed by atoms with Crippen LogP contribution in [0.4, 0.5) is 4.39 Å². The summed E-state index contributed by atoms with van der Waals surface area (Å²) in [6.07, 6.45) is 1.51. The SMILES string of the molecule is Cn1cc(Cl)cc1C(=O)N1C[C@H](O)C[C@H]1c1ccc(F)cc1. The highest BCUT2D eigenvalue weighted by Gasteiger charge is 2.36. The van der Waals surface area contributed by atoms with Gasteiger partial charge in [0, 0.05) is 19.8 Å². The van der Waals surface area contributed by atoms with E-state index in [2.05, 4.69) is 0 Å². The van der Waals surface area contributed by atoms with E-state index in [0.29, 0.717) is 17.1 Å². The van der Waals surface area contributed by atoms with Gasteiger partial charge in [-0.25, -0.2) is 4.39 Å². The van der Waals surface area contributed by atoms with Gasteiger partial charge in [-0.2, -0.15) is 0 Å². The number of nitrogens with zero attached hydrogens (tertiary/aromatic N) is 2. The summed E-state index contributed by atoms with van der Waals surface area (Å²) in [4.78, 5) is 14.4. The Morgan fingerprint density at radius 3 is 2.64 bits per heavy atom. The van der Waals surface area contributed by atoms with E-state index in [-0.39, 0.29) is 24.3 Å². The van der Waals surface area contributed by atoms with Crippen molar-refractivity contribution in [2.75, 3.05) is 6.54 Å². The highest BCUT2D eigenvalue weighted by molar-refractivity contribution is 6.31. The van der Waals surface area contributed by atoms with Crippen LogP contribution in [0.5, 0.6) is 0 Å². The fourth-order valence-corrected chi connectivity index (χ4v) is 3.17. The van der Waals surface area contributed by atoms with E-state index in [4.69, 9.17) is 11.6 Å². The van der Waals surface area contributed by atoms with Crippen molar-refractivity contribution in [3.63, 3.8) is 0 Å². The minimum absolute atomic E-state index is 0.194. The molecule has 0 radical (unpaired) electrons. The minimum atomic E-state index is -0.588. The molecule has 4 nitrogen and oxygen atoms in total. The van der Waals surface area contributed by atoms with Gasteiger partial charge in [0.25, 0.3) is 5.91 Å². The summed E-state index contributed by atoms with van der Waals surface area (Å²) in [6, 6.07) is 7.37. The standard InChI is InChI=1S/C16H16ClFN2O2/c1-19-8-11(17)6-15(19)16(22)20-9-13(21)7-14(20)10-2-4-12(18)5-3-10/h2-6,8,13-14,21H,7,9H2,1H3/t13-,14+/m1/s1. The maximum atomic E-state index is 13.1. The lowest BCUT2D eigenvalue weighted by Gasteiger charge is -2.25. The monoisotopic (exact) mass is 322 g/mol. The number of aliphatic hydroxyl groups is 1. The van der Waals surface area contributed by atoms with Crippen molar-refractivity contribution in [2.24, 2.45) is 7.05 Å². The van der Waals surface area contributed by atoms with Crippen LogP contribution in [0.3, 0.4) is 0 Å². The van der Waals surface area contributed by atoms with Crippen LogP contribution < -0.4 is 0 Å².